The molecule has 0 aliphatic carbocycles. The monoisotopic (exact) mass is 179 g/mol. The first kappa shape index (κ1) is 11.2. The van der Waals surface area contributed by atoms with E-state index in [1.54, 1.807) is 7.11 Å². The molecule has 2 atom stereocenters. The normalized spacial score (nSPS) is 16.4. The average Bonchev–Trinajstić information content (AvgIpc) is 2.00. The summed E-state index contributed by atoms with van der Waals surface area (Å²) in [5, 5.41) is 3.35. The van der Waals surface area contributed by atoms with E-state index in [2.05, 4.69) is 19.2 Å². The molecule has 0 bridgehead atoms. The molecule has 0 spiro atoms. The van der Waals surface area contributed by atoms with Crippen LogP contribution in [0.5, 0.6) is 0 Å². The van der Waals surface area contributed by atoms with Crippen LogP contribution in [-0.4, -0.2) is 31.7 Å². The lowest BCUT2D eigenvalue weighted by Gasteiger charge is -2.17. The highest BCUT2D eigenvalue weighted by atomic mass is 35.5. The van der Waals surface area contributed by atoms with Crippen LogP contribution >= 0.6 is 11.6 Å². The van der Waals surface area contributed by atoms with Gasteiger partial charge in [-0.15, -0.1) is 11.6 Å². The van der Waals surface area contributed by atoms with E-state index in [0.717, 1.165) is 13.0 Å². The van der Waals surface area contributed by atoms with Crippen LogP contribution in [0.15, 0.2) is 0 Å². The molecule has 0 fully saturated rings. The van der Waals surface area contributed by atoms with Crippen molar-refractivity contribution >= 4 is 11.6 Å². The van der Waals surface area contributed by atoms with Gasteiger partial charge in [0.2, 0.25) is 0 Å². The molecule has 0 heterocycles. The highest BCUT2D eigenvalue weighted by Gasteiger charge is 2.04. The minimum atomic E-state index is 0.392. The molecule has 3 heteroatoms. The fourth-order valence-corrected chi connectivity index (χ4v) is 0.997. The van der Waals surface area contributed by atoms with Gasteiger partial charge in [-0.25, -0.2) is 0 Å². The molecule has 0 amide bonds. The summed E-state index contributed by atoms with van der Waals surface area (Å²) in [6, 6.07) is 0.882. The van der Waals surface area contributed by atoms with Gasteiger partial charge in [0.25, 0.3) is 0 Å². The number of methoxy groups -OCH3 is 1. The topological polar surface area (TPSA) is 21.3 Å². The van der Waals surface area contributed by atoms with E-state index in [9.17, 15) is 0 Å². The smallest absolute Gasteiger partial charge is 0.0476 e. The highest BCUT2D eigenvalue weighted by Crippen LogP contribution is 1.94. The maximum absolute atomic E-state index is 5.64. The van der Waals surface area contributed by atoms with Crippen molar-refractivity contribution in [2.45, 2.75) is 32.4 Å². The maximum atomic E-state index is 5.64. The zero-order chi connectivity index (χ0) is 8.69. The van der Waals surface area contributed by atoms with Gasteiger partial charge in [0.1, 0.15) is 0 Å². The van der Waals surface area contributed by atoms with Gasteiger partial charge in [-0.1, -0.05) is 0 Å². The Morgan fingerprint density at radius 3 is 2.45 bits per heavy atom. The van der Waals surface area contributed by atoms with Crippen molar-refractivity contribution in [1.82, 2.24) is 5.32 Å². The molecule has 0 rings (SSSR count). The van der Waals surface area contributed by atoms with Gasteiger partial charge in [-0.3, -0.25) is 0 Å². The van der Waals surface area contributed by atoms with Crippen LogP contribution in [0, 0.1) is 0 Å². The molecule has 0 saturated carbocycles. The number of ether oxygens (including phenoxy) is 1. The van der Waals surface area contributed by atoms with E-state index in [-0.39, 0.29) is 0 Å². The summed E-state index contributed by atoms with van der Waals surface area (Å²) < 4.78 is 4.95. The second-order valence-corrected chi connectivity index (χ2v) is 3.21. The zero-order valence-electron chi connectivity index (χ0n) is 7.56. The minimum Gasteiger partial charge on any atom is -0.385 e. The summed E-state index contributed by atoms with van der Waals surface area (Å²) in [6.07, 6.45) is 1.04. The van der Waals surface area contributed by atoms with Gasteiger partial charge in [-0.05, 0) is 20.3 Å². The predicted molar refractivity (Wildman–Crippen MR) is 49.3 cm³/mol. The summed E-state index contributed by atoms with van der Waals surface area (Å²) >= 11 is 5.64. The van der Waals surface area contributed by atoms with Crippen molar-refractivity contribution in [2.24, 2.45) is 0 Å². The van der Waals surface area contributed by atoms with Crippen LogP contribution in [0.25, 0.3) is 0 Å². The van der Waals surface area contributed by atoms with Crippen molar-refractivity contribution < 1.29 is 4.74 Å². The summed E-state index contributed by atoms with van der Waals surface area (Å²) in [5.41, 5.74) is 0. The molecule has 0 aromatic rings. The van der Waals surface area contributed by atoms with Crippen LogP contribution in [-0.2, 0) is 4.74 Å². The fourth-order valence-electron chi connectivity index (χ4n) is 0.908. The molecule has 0 aromatic carbocycles. The average molecular weight is 180 g/mol. The van der Waals surface area contributed by atoms with E-state index in [0.29, 0.717) is 18.0 Å². The quantitative estimate of drug-likeness (QED) is 0.626. The molecule has 68 valence electrons. The maximum Gasteiger partial charge on any atom is 0.0476 e. The second kappa shape index (κ2) is 6.89. The van der Waals surface area contributed by atoms with E-state index in [4.69, 9.17) is 16.3 Å². The molecular formula is C8H18ClNO. The number of alkyl halides is 1. The Hall–Kier alpha value is 0.210. The Morgan fingerprint density at radius 1 is 1.36 bits per heavy atom. The van der Waals surface area contributed by atoms with Gasteiger partial charge in [0.05, 0.1) is 0 Å². The SMILES string of the molecule is COCCC(C)NC(C)CCl. The van der Waals surface area contributed by atoms with E-state index >= 15 is 0 Å². The summed E-state index contributed by atoms with van der Waals surface area (Å²) in [4.78, 5) is 0. The third-order valence-electron chi connectivity index (χ3n) is 1.56. The summed E-state index contributed by atoms with van der Waals surface area (Å²) in [7, 11) is 1.72. The molecule has 0 aliphatic rings. The Kier molecular flexibility index (Phi) is 7.02. The van der Waals surface area contributed by atoms with Crippen molar-refractivity contribution in [1.29, 1.82) is 0 Å². The number of rotatable bonds is 6. The van der Waals surface area contributed by atoms with Crippen molar-refractivity contribution in [3.63, 3.8) is 0 Å². The lowest BCUT2D eigenvalue weighted by atomic mass is 10.2. The Balaban J connectivity index is 3.27. The first-order valence-corrected chi connectivity index (χ1v) is 4.55. The second-order valence-electron chi connectivity index (χ2n) is 2.90. The van der Waals surface area contributed by atoms with E-state index < -0.39 is 0 Å². The van der Waals surface area contributed by atoms with Crippen molar-refractivity contribution in [3.8, 4) is 0 Å². The first-order chi connectivity index (χ1) is 5.20. The number of hydrogen-bond donors (Lipinski definition) is 1. The number of nitrogens with one attached hydrogen (secondary N) is 1. The van der Waals surface area contributed by atoms with Gasteiger partial charge >= 0.3 is 0 Å². The van der Waals surface area contributed by atoms with Gasteiger partial charge in [0, 0.05) is 31.7 Å². The van der Waals surface area contributed by atoms with Gasteiger partial charge in [0.15, 0.2) is 0 Å². The molecule has 0 saturated heterocycles. The van der Waals surface area contributed by atoms with Gasteiger partial charge < -0.3 is 10.1 Å². The van der Waals surface area contributed by atoms with Crippen LogP contribution in [0.1, 0.15) is 20.3 Å². The molecule has 2 nitrogen and oxygen atoms in total. The molecule has 0 aromatic heterocycles. The lowest BCUT2D eigenvalue weighted by molar-refractivity contribution is 0.183. The standard InChI is InChI=1S/C8H18ClNO/c1-7(4-5-11-3)10-8(2)6-9/h7-8,10H,4-6H2,1-3H3. The Morgan fingerprint density at radius 2 is 2.00 bits per heavy atom. The van der Waals surface area contributed by atoms with Crippen LogP contribution in [0.3, 0.4) is 0 Å². The molecule has 2 unspecified atom stereocenters. The third kappa shape index (κ3) is 6.60. The summed E-state index contributed by atoms with van der Waals surface area (Å²) in [5.74, 6) is 0.664. The van der Waals surface area contributed by atoms with Gasteiger partial charge in [-0.2, -0.15) is 0 Å². The Labute approximate surface area is 74.3 Å². The molecular weight excluding hydrogens is 162 g/mol. The van der Waals surface area contributed by atoms with Crippen molar-refractivity contribution in [2.75, 3.05) is 19.6 Å². The zero-order valence-corrected chi connectivity index (χ0v) is 8.32. The third-order valence-corrected chi connectivity index (χ3v) is 2.02. The fraction of sp³-hybridized carbons (Fsp3) is 1.00. The molecule has 0 aliphatic heterocycles. The number of halogens is 1. The van der Waals surface area contributed by atoms with Crippen LogP contribution in [0.2, 0.25) is 0 Å². The molecule has 1 N–H and O–H groups in total. The lowest BCUT2D eigenvalue weighted by Crippen LogP contribution is -2.36. The van der Waals surface area contributed by atoms with E-state index in [1.807, 2.05) is 0 Å². The van der Waals surface area contributed by atoms with Crippen LogP contribution < -0.4 is 5.32 Å². The van der Waals surface area contributed by atoms with E-state index in [1.165, 1.54) is 0 Å². The minimum absolute atomic E-state index is 0.392. The predicted octanol–water partition coefficient (Wildman–Crippen LogP) is 1.63. The molecule has 0 radical (unpaired) electrons. The summed E-state index contributed by atoms with van der Waals surface area (Å²) in [6.45, 7) is 5.03. The Bertz CT molecular complexity index is 90.2. The molecule has 11 heavy (non-hydrogen) atoms. The first-order valence-electron chi connectivity index (χ1n) is 4.01. The largest absolute Gasteiger partial charge is 0.385 e. The van der Waals surface area contributed by atoms with Crippen molar-refractivity contribution in [3.05, 3.63) is 0 Å². The van der Waals surface area contributed by atoms with Crippen LogP contribution in [0.4, 0.5) is 0 Å². The number of hydrogen-bond acceptors (Lipinski definition) is 2. The highest BCUT2D eigenvalue weighted by molar-refractivity contribution is 6.18.